The quantitative estimate of drug-likeness (QED) is 0.704. The molecule has 78 valence electrons. The van der Waals surface area contributed by atoms with E-state index in [4.69, 9.17) is 5.26 Å². The molecule has 1 fully saturated rings. The highest BCUT2D eigenvalue weighted by molar-refractivity contribution is 5.86. The summed E-state index contributed by atoms with van der Waals surface area (Å²) in [6.07, 6.45) is 2.43. The van der Waals surface area contributed by atoms with Crippen molar-refractivity contribution in [3.63, 3.8) is 0 Å². The van der Waals surface area contributed by atoms with E-state index in [1.807, 2.05) is 19.0 Å². The average molecular weight is 195 g/mol. The first kappa shape index (κ1) is 11.0. The van der Waals surface area contributed by atoms with Crippen molar-refractivity contribution in [2.24, 2.45) is 5.41 Å². The molecule has 0 aromatic rings. The van der Waals surface area contributed by atoms with Crippen LogP contribution in [0, 0.1) is 16.7 Å². The Morgan fingerprint density at radius 1 is 1.57 bits per heavy atom. The minimum absolute atomic E-state index is 0.0897. The van der Waals surface area contributed by atoms with Crippen molar-refractivity contribution < 1.29 is 4.79 Å². The summed E-state index contributed by atoms with van der Waals surface area (Å²) in [6, 6.07) is 2.13. The molecule has 0 radical (unpaired) electrons. The zero-order valence-electron chi connectivity index (χ0n) is 8.84. The molecule has 4 heteroatoms. The van der Waals surface area contributed by atoms with Crippen LogP contribution in [0.2, 0.25) is 0 Å². The monoisotopic (exact) mass is 195 g/mol. The van der Waals surface area contributed by atoms with Gasteiger partial charge in [0.1, 0.15) is 5.41 Å². The highest BCUT2D eigenvalue weighted by atomic mass is 16.2. The van der Waals surface area contributed by atoms with Crippen LogP contribution in [0.25, 0.3) is 0 Å². The number of nitriles is 1. The second kappa shape index (κ2) is 4.43. The zero-order valence-corrected chi connectivity index (χ0v) is 8.84. The summed E-state index contributed by atoms with van der Waals surface area (Å²) in [5, 5.41) is 11.7. The van der Waals surface area contributed by atoms with E-state index in [1.54, 1.807) is 0 Å². The Morgan fingerprint density at radius 3 is 2.57 bits per heavy atom. The first-order valence-corrected chi connectivity index (χ1v) is 4.95. The molecule has 0 bridgehead atoms. The van der Waals surface area contributed by atoms with Gasteiger partial charge < -0.3 is 10.2 Å². The predicted molar refractivity (Wildman–Crippen MR) is 53.5 cm³/mol. The smallest absolute Gasteiger partial charge is 0.240 e. The third kappa shape index (κ3) is 2.24. The third-order valence-corrected chi connectivity index (χ3v) is 2.70. The first-order chi connectivity index (χ1) is 6.60. The number of hydrogen-bond donors (Lipinski definition) is 1. The fourth-order valence-corrected chi connectivity index (χ4v) is 1.48. The second-order valence-corrected chi connectivity index (χ2v) is 4.11. The van der Waals surface area contributed by atoms with Crippen molar-refractivity contribution in [3.05, 3.63) is 0 Å². The van der Waals surface area contributed by atoms with E-state index in [0.717, 1.165) is 25.8 Å². The number of nitrogens with zero attached hydrogens (tertiary/aromatic N) is 2. The molecule has 0 saturated heterocycles. The summed E-state index contributed by atoms with van der Waals surface area (Å²) in [4.78, 5) is 13.6. The molecule has 0 heterocycles. The molecule has 0 spiro atoms. The average Bonchev–Trinajstić information content (AvgIpc) is 2.02. The fourth-order valence-electron chi connectivity index (χ4n) is 1.48. The van der Waals surface area contributed by atoms with Gasteiger partial charge in [0, 0.05) is 13.1 Å². The van der Waals surface area contributed by atoms with Gasteiger partial charge in [0.15, 0.2) is 0 Å². The summed E-state index contributed by atoms with van der Waals surface area (Å²) < 4.78 is 0. The van der Waals surface area contributed by atoms with E-state index in [9.17, 15) is 4.79 Å². The van der Waals surface area contributed by atoms with Gasteiger partial charge in [0.05, 0.1) is 6.07 Å². The van der Waals surface area contributed by atoms with Gasteiger partial charge in [-0.15, -0.1) is 0 Å². The predicted octanol–water partition coefficient (Wildman–Crippen LogP) is 0.358. The van der Waals surface area contributed by atoms with Crippen LogP contribution in [0.15, 0.2) is 0 Å². The normalized spacial score (nSPS) is 18.4. The van der Waals surface area contributed by atoms with Crippen molar-refractivity contribution in [2.45, 2.75) is 19.3 Å². The van der Waals surface area contributed by atoms with Gasteiger partial charge in [-0.1, -0.05) is 0 Å². The van der Waals surface area contributed by atoms with Gasteiger partial charge in [-0.05, 0) is 33.4 Å². The molecule has 0 aromatic carbocycles. The Labute approximate surface area is 84.9 Å². The van der Waals surface area contributed by atoms with Crippen LogP contribution < -0.4 is 5.32 Å². The van der Waals surface area contributed by atoms with Crippen LogP contribution in [0.1, 0.15) is 19.3 Å². The Bertz CT molecular complexity index is 251. The zero-order chi connectivity index (χ0) is 10.6. The number of hydrogen-bond acceptors (Lipinski definition) is 3. The Balaban J connectivity index is 2.31. The van der Waals surface area contributed by atoms with E-state index in [1.165, 1.54) is 0 Å². The number of rotatable bonds is 4. The summed E-state index contributed by atoms with van der Waals surface area (Å²) in [5.74, 6) is -0.0897. The maximum absolute atomic E-state index is 11.6. The van der Waals surface area contributed by atoms with Crippen molar-refractivity contribution in [1.29, 1.82) is 5.26 Å². The molecule has 1 rings (SSSR count). The van der Waals surface area contributed by atoms with E-state index in [-0.39, 0.29) is 5.91 Å². The number of amides is 1. The van der Waals surface area contributed by atoms with Crippen LogP contribution >= 0.6 is 0 Å². The maximum Gasteiger partial charge on any atom is 0.240 e. The molecule has 0 aromatic heterocycles. The lowest BCUT2D eigenvalue weighted by Gasteiger charge is -2.33. The molecule has 1 aliphatic rings. The molecular weight excluding hydrogens is 178 g/mol. The highest BCUT2D eigenvalue weighted by Crippen LogP contribution is 2.40. The fraction of sp³-hybridized carbons (Fsp3) is 0.800. The summed E-state index contributed by atoms with van der Waals surface area (Å²) in [7, 11) is 3.91. The van der Waals surface area contributed by atoms with Crippen molar-refractivity contribution in [1.82, 2.24) is 10.2 Å². The Hall–Kier alpha value is -1.08. The highest BCUT2D eigenvalue weighted by Gasteiger charge is 2.44. The Kier molecular flexibility index (Phi) is 3.48. The largest absolute Gasteiger partial charge is 0.353 e. The van der Waals surface area contributed by atoms with Gasteiger partial charge in [-0.3, -0.25) is 4.79 Å². The number of likely N-dealkylation sites (N-methyl/N-ethyl adjacent to an activating group) is 1. The van der Waals surface area contributed by atoms with Crippen LogP contribution in [-0.2, 0) is 4.79 Å². The summed E-state index contributed by atoms with van der Waals surface area (Å²) in [6.45, 7) is 1.43. The lowest BCUT2D eigenvalue weighted by molar-refractivity contribution is -0.131. The van der Waals surface area contributed by atoms with E-state index < -0.39 is 5.41 Å². The number of carbonyl (C=O) groups excluding carboxylic acids is 1. The van der Waals surface area contributed by atoms with Crippen molar-refractivity contribution in [2.75, 3.05) is 27.2 Å². The summed E-state index contributed by atoms with van der Waals surface area (Å²) >= 11 is 0. The summed E-state index contributed by atoms with van der Waals surface area (Å²) in [5.41, 5.74) is -0.702. The van der Waals surface area contributed by atoms with E-state index >= 15 is 0 Å². The Morgan fingerprint density at radius 2 is 2.21 bits per heavy atom. The molecule has 1 saturated carbocycles. The van der Waals surface area contributed by atoms with Crippen LogP contribution in [0.3, 0.4) is 0 Å². The van der Waals surface area contributed by atoms with Crippen molar-refractivity contribution >= 4 is 5.91 Å². The molecule has 0 aliphatic heterocycles. The molecule has 4 nitrogen and oxygen atoms in total. The molecule has 0 atom stereocenters. The standard InChI is InChI=1S/C10H17N3O/c1-13(2)7-6-12-9(14)10(8-11)4-3-5-10/h3-7H2,1-2H3,(H,12,14). The van der Waals surface area contributed by atoms with Gasteiger partial charge >= 0.3 is 0 Å². The maximum atomic E-state index is 11.6. The number of carbonyl (C=O) groups is 1. The lowest BCUT2D eigenvalue weighted by atomic mass is 9.69. The first-order valence-electron chi connectivity index (χ1n) is 4.95. The van der Waals surface area contributed by atoms with E-state index in [2.05, 4.69) is 11.4 Å². The van der Waals surface area contributed by atoms with E-state index in [0.29, 0.717) is 6.54 Å². The molecule has 0 unspecified atom stereocenters. The minimum atomic E-state index is -0.702. The van der Waals surface area contributed by atoms with Crippen LogP contribution in [-0.4, -0.2) is 38.0 Å². The second-order valence-electron chi connectivity index (χ2n) is 4.11. The van der Waals surface area contributed by atoms with Gasteiger partial charge in [0.25, 0.3) is 0 Å². The van der Waals surface area contributed by atoms with Gasteiger partial charge in [0.2, 0.25) is 5.91 Å². The lowest BCUT2D eigenvalue weighted by Crippen LogP contribution is -2.46. The number of nitrogens with one attached hydrogen (secondary N) is 1. The third-order valence-electron chi connectivity index (χ3n) is 2.70. The van der Waals surface area contributed by atoms with Gasteiger partial charge in [-0.25, -0.2) is 0 Å². The molecule has 1 amide bonds. The molecule has 14 heavy (non-hydrogen) atoms. The SMILES string of the molecule is CN(C)CCNC(=O)C1(C#N)CCC1. The van der Waals surface area contributed by atoms with Crippen molar-refractivity contribution in [3.8, 4) is 6.07 Å². The minimum Gasteiger partial charge on any atom is -0.353 e. The van der Waals surface area contributed by atoms with Crippen LogP contribution in [0.5, 0.6) is 0 Å². The molecular formula is C10H17N3O. The van der Waals surface area contributed by atoms with Crippen LogP contribution in [0.4, 0.5) is 0 Å². The molecule has 1 N–H and O–H groups in total. The molecule has 1 aliphatic carbocycles. The van der Waals surface area contributed by atoms with Gasteiger partial charge in [-0.2, -0.15) is 5.26 Å². The topological polar surface area (TPSA) is 56.1 Å².